The minimum atomic E-state index is -0.0273. The summed E-state index contributed by atoms with van der Waals surface area (Å²) < 4.78 is 0. The van der Waals surface area contributed by atoms with Gasteiger partial charge in [0.2, 0.25) is 0 Å². The Kier molecular flexibility index (Phi) is 8.54. The monoisotopic (exact) mass is 305 g/mol. The smallest absolute Gasteiger partial charge is 0.761 e. The first-order valence-corrected chi connectivity index (χ1v) is 4.61. The van der Waals surface area contributed by atoms with Crippen LogP contribution in [0.15, 0.2) is 65.9 Å². The van der Waals surface area contributed by atoms with E-state index in [9.17, 15) is 5.21 Å². The van der Waals surface area contributed by atoms with E-state index in [-0.39, 0.29) is 26.1 Å². The van der Waals surface area contributed by atoms with Gasteiger partial charge in [0.15, 0.2) is 0 Å². The molecule has 0 heterocycles. The van der Waals surface area contributed by atoms with E-state index in [1.54, 1.807) is 23.7 Å². The Morgan fingerprint density at radius 1 is 1.38 bits per heavy atom. The van der Waals surface area contributed by atoms with Crippen LogP contribution in [0.25, 0.3) is 0 Å². The summed E-state index contributed by atoms with van der Waals surface area (Å²) in [6, 6.07) is 10.0. The van der Waals surface area contributed by atoms with Gasteiger partial charge in [-0.2, -0.15) is 18.2 Å². The van der Waals surface area contributed by atoms with Gasteiger partial charge in [-0.3, -0.25) is 0 Å². The van der Waals surface area contributed by atoms with Gasteiger partial charge in [0.25, 0.3) is 0 Å². The van der Waals surface area contributed by atoms with Crippen LogP contribution in [0.1, 0.15) is 0 Å². The second-order valence-electron chi connectivity index (χ2n) is 2.89. The third kappa shape index (κ3) is 5.12. The van der Waals surface area contributed by atoms with Crippen molar-refractivity contribution in [3.63, 3.8) is 0 Å². The van der Waals surface area contributed by atoms with Gasteiger partial charge in [-0.05, 0) is 17.3 Å². The topological polar surface area (TPSA) is 55.3 Å². The fourth-order valence-corrected chi connectivity index (χ4v) is 1.14. The number of hydrogen-bond acceptors (Lipinski definition) is 3. The maximum atomic E-state index is 9.88. The Labute approximate surface area is 108 Å². The van der Waals surface area contributed by atoms with Crippen LogP contribution < -0.4 is 5.48 Å². The van der Waals surface area contributed by atoms with Crippen molar-refractivity contribution in [1.29, 1.82) is 0 Å². The van der Waals surface area contributed by atoms with Crippen molar-refractivity contribution < 1.29 is 24.6 Å². The molecular formula is C12H13NO2Ru. The van der Waals surface area contributed by atoms with Crippen LogP contribution >= 0.6 is 0 Å². The van der Waals surface area contributed by atoms with E-state index >= 15 is 0 Å². The molecular weight excluding hydrogens is 291 g/mol. The summed E-state index contributed by atoms with van der Waals surface area (Å²) in [5.41, 5.74) is 3.17. The first-order chi connectivity index (χ1) is 7.38. The maximum Gasteiger partial charge on any atom is 2.00 e. The minimum absolute atomic E-state index is 0. The van der Waals surface area contributed by atoms with E-state index in [2.05, 4.69) is 0 Å². The van der Waals surface area contributed by atoms with Crippen molar-refractivity contribution in [2.75, 3.05) is 6.61 Å². The number of hydroxylamine groups is 1. The fourth-order valence-electron chi connectivity index (χ4n) is 1.14. The van der Waals surface area contributed by atoms with Crippen molar-refractivity contribution >= 4 is 0 Å². The number of hydrogen-bond donors (Lipinski definition) is 2. The van der Waals surface area contributed by atoms with Gasteiger partial charge >= 0.3 is 19.5 Å². The average molecular weight is 304 g/mol. The normalized spacial score (nSPS) is 14.9. The summed E-state index contributed by atoms with van der Waals surface area (Å²) in [6.07, 6.45) is 6.62. The number of rotatable bonds is 2. The molecule has 3 nitrogen and oxygen atoms in total. The van der Waals surface area contributed by atoms with Crippen molar-refractivity contribution in [3.8, 4) is 0 Å². The molecule has 0 bridgehead atoms. The van der Waals surface area contributed by atoms with E-state index in [0.717, 1.165) is 11.1 Å². The predicted molar refractivity (Wildman–Crippen MR) is 60.9 cm³/mol. The molecule has 2 rings (SSSR count). The second kappa shape index (κ2) is 9.16. The van der Waals surface area contributed by atoms with Gasteiger partial charge in [-0.1, -0.05) is 18.2 Å². The third-order valence-electron chi connectivity index (χ3n) is 1.88. The standard InChI is InChI=1S/C7H8NO2.C5H5.Ru/c9-5-7-3-1-2-6(7)4-8-10;1-2-4-5-3-1;/h1-4,8-9H,5H2;1-5H;/q2*-1;+2. The fraction of sp³-hybridized carbons (Fsp3) is 0.0833. The largest absolute Gasteiger partial charge is 2.00 e. The van der Waals surface area contributed by atoms with Gasteiger partial charge < -0.3 is 15.8 Å². The van der Waals surface area contributed by atoms with Gasteiger partial charge in [0.05, 0.1) is 6.61 Å². The molecule has 16 heavy (non-hydrogen) atoms. The molecule has 1 aromatic rings. The molecule has 4 heteroatoms. The Morgan fingerprint density at radius 2 is 2.06 bits per heavy atom. The zero-order valence-electron chi connectivity index (χ0n) is 8.61. The zero-order chi connectivity index (χ0) is 10.9. The summed E-state index contributed by atoms with van der Waals surface area (Å²) >= 11 is 0. The van der Waals surface area contributed by atoms with Crippen molar-refractivity contribution in [1.82, 2.24) is 5.48 Å². The number of aliphatic hydroxyl groups excluding tert-OH is 1. The molecule has 0 amide bonds. The molecule has 0 aliphatic heterocycles. The summed E-state index contributed by atoms with van der Waals surface area (Å²) in [6.45, 7) is -0.0273. The Balaban J connectivity index is 0.000000318. The molecule has 0 fully saturated rings. The van der Waals surface area contributed by atoms with E-state index in [0.29, 0.717) is 0 Å². The average Bonchev–Trinajstić information content (AvgIpc) is 2.92. The minimum Gasteiger partial charge on any atom is -0.761 e. The van der Waals surface area contributed by atoms with Gasteiger partial charge in [-0.15, -0.1) is 0 Å². The number of nitrogens with one attached hydrogen (secondary N) is 1. The Morgan fingerprint density at radius 3 is 2.50 bits per heavy atom. The van der Waals surface area contributed by atoms with Crippen LogP contribution in [0.5, 0.6) is 0 Å². The van der Waals surface area contributed by atoms with Gasteiger partial charge in [0, 0.05) is 0 Å². The second-order valence-corrected chi connectivity index (χ2v) is 2.89. The maximum absolute atomic E-state index is 9.88. The van der Waals surface area contributed by atoms with E-state index in [1.807, 2.05) is 30.3 Å². The Hall–Kier alpha value is -1.09. The number of aliphatic hydroxyl groups is 1. The van der Waals surface area contributed by atoms with Crippen LogP contribution in [0.4, 0.5) is 0 Å². The summed E-state index contributed by atoms with van der Waals surface area (Å²) in [5, 5.41) is 18.6. The zero-order valence-corrected chi connectivity index (χ0v) is 10.4. The van der Waals surface area contributed by atoms with E-state index < -0.39 is 0 Å². The molecule has 1 aromatic carbocycles. The van der Waals surface area contributed by atoms with Crippen LogP contribution in [0.3, 0.4) is 0 Å². The van der Waals surface area contributed by atoms with Crippen molar-refractivity contribution in [2.24, 2.45) is 0 Å². The SMILES string of the molecule is [O-]NC=C1C=CC=C1CO.[Ru+2].c1cc[cH-]c1. The molecule has 2 N–H and O–H groups in total. The van der Waals surface area contributed by atoms with Crippen LogP contribution in [0.2, 0.25) is 0 Å². The molecule has 0 spiro atoms. The summed E-state index contributed by atoms with van der Waals surface area (Å²) in [5.74, 6) is 0. The molecule has 1 aliphatic rings. The molecule has 0 radical (unpaired) electrons. The molecule has 0 aromatic heterocycles. The Bertz CT molecular complexity index is 336. The molecule has 0 saturated heterocycles. The van der Waals surface area contributed by atoms with Gasteiger partial charge in [-0.25, -0.2) is 12.1 Å². The molecule has 0 unspecified atom stereocenters. The van der Waals surface area contributed by atoms with Gasteiger partial charge in [0.1, 0.15) is 0 Å². The molecule has 0 atom stereocenters. The first-order valence-electron chi connectivity index (χ1n) is 4.61. The molecule has 0 saturated carbocycles. The predicted octanol–water partition coefficient (Wildman–Crippen LogP) is 1.85. The summed E-state index contributed by atoms with van der Waals surface area (Å²) in [7, 11) is 0. The van der Waals surface area contributed by atoms with E-state index in [4.69, 9.17) is 5.11 Å². The molecule has 86 valence electrons. The van der Waals surface area contributed by atoms with Crippen molar-refractivity contribution in [2.45, 2.75) is 0 Å². The van der Waals surface area contributed by atoms with Crippen LogP contribution in [-0.2, 0) is 19.5 Å². The van der Waals surface area contributed by atoms with Crippen LogP contribution in [0, 0.1) is 5.21 Å². The molecule has 1 aliphatic carbocycles. The number of allylic oxidation sites excluding steroid dienone is 3. The van der Waals surface area contributed by atoms with Crippen LogP contribution in [-0.4, -0.2) is 11.7 Å². The first kappa shape index (κ1) is 14.9. The van der Waals surface area contributed by atoms with E-state index in [1.165, 1.54) is 6.20 Å². The van der Waals surface area contributed by atoms with Crippen molar-refractivity contribution in [3.05, 3.63) is 71.1 Å². The summed E-state index contributed by atoms with van der Waals surface area (Å²) in [4.78, 5) is 0. The third-order valence-corrected chi connectivity index (χ3v) is 1.88. The quantitative estimate of drug-likeness (QED) is 0.498.